The maximum absolute atomic E-state index is 6.32. The third-order valence-corrected chi connectivity index (χ3v) is 5.58. The molecule has 0 aliphatic rings. The van der Waals surface area contributed by atoms with E-state index in [0.717, 1.165) is 34.6 Å². The van der Waals surface area contributed by atoms with Crippen LogP contribution in [0.1, 0.15) is 34.9 Å². The van der Waals surface area contributed by atoms with Crippen LogP contribution in [-0.2, 0) is 13.2 Å². The van der Waals surface area contributed by atoms with E-state index < -0.39 is 0 Å². The molecule has 0 radical (unpaired) electrons. The molecule has 2 aromatic carbocycles. The molecule has 30 heavy (non-hydrogen) atoms. The van der Waals surface area contributed by atoms with Gasteiger partial charge in [-0.1, -0.05) is 48.0 Å². The molecular weight excluding hydrogens is 372 g/mol. The van der Waals surface area contributed by atoms with Crippen LogP contribution in [0.3, 0.4) is 0 Å². The number of hydrogen-bond acceptors (Lipinski definition) is 3. The molecule has 0 amide bonds. The summed E-state index contributed by atoms with van der Waals surface area (Å²) in [5.74, 6) is 1.71. The first-order chi connectivity index (χ1) is 14.6. The van der Waals surface area contributed by atoms with Crippen LogP contribution >= 0.6 is 0 Å². The lowest BCUT2D eigenvalue weighted by Gasteiger charge is -2.14. The highest BCUT2D eigenvalue weighted by Crippen LogP contribution is 2.32. The van der Waals surface area contributed by atoms with Crippen molar-refractivity contribution in [3.63, 3.8) is 0 Å². The van der Waals surface area contributed by atoms with Gasteiger partial charge in [-0.15, -0.1) is 0 Å². The van der Waals surface area contributed by atoms with Crippen LogP contribution in [0.2, 0.25) is 0 Å². The predicted octanol–water partition coefficient (Wildman–Crippen LogP) is 5.99. The van der Waals surface area contributed by atoms with Crippen LogP contribution in [0.25, 0.3) is 11.0 Å². The summed E-state index contributed by atoms with van der Waals surface area (Å²) in [7, 11) is 0. The van der Waals surface area contributed by atoms with Gasteiger partial charge in [-0.25, -0.2) is 0 Å². The molecule has 2 aromatic heterocycles. The molecule has 0 aliphatic heterocycles. The second kappa shape index (κ2) is 8.62. The lowest BCUT2D eigenvalue weighted by atomic mass is 10.1. The van der Waals surface area contributed by atoms with Crippen molar-refractivity contribution < 1.29 is 9.47 Å². The number of ether oxygens (including phenoxy) is 2. The number of aryl methyl sites for hydroxylation is 2. The lowest BCUT2D eigenvalue weighted by molar-refractivity contribution is 0.288. The minimum atomic E-state index is 0.448. The van der Waals surface area contributed by atoms with E-state index in [0.29, 0.717) is 13.2 Å². The minimum absolute atomic E-state index is 0.448. The Morgan fingerprint density at radius 1 is 0.867 bits per heavy atom. The molecule has 0 N–H and O–H groups in total. The van der Waals surface area contributed by atoms with Crippen LogP contribution in [0.5, 0.6) is 11.5 Å². The molecule has 0 unspecified atom stereocenters. The zero-order valence-electron chi connectivity index (χ0n) is 18.1. The van der Waals surface area contributed by atoms with E-state index in [1.54, 1.807) is 0 Å². The molecule has 4 aromatic rings. The molecule has 4 nitrogen and oxygen atoms in total. The summed E-state index contributed by atoms with van der Waals surface area (Å²) in [6.07, 6.45) is 1.83. The second-order valence-corrected chi connectivity index (χ2v) is 7.62. The summed E-state index contributed by atoms with van der Waals surface area (Å²) in [6.45, 7) is 10.3. The van der Waals surface area contributed by atoms with E-state index in [4.69, 9.17) is 9.47 Å². The maximum atomic E-state index is 6.32. The topological polar surface area (TPSA) is 36.3 Å². The molecule has 0 atom stereocenters. The average Bonchev–Trinajstić information content (AvgIpc) is 3.00. The third kappa shape index (κ3) is 3.90. The highest BCUT2D eigenvalue weighted by atomic mass is 16.5. The van der Waals surface area contributed by atoms with Crippen molar-refractivity contribution in [2.24, 2.45) is 0 Å². The van der Waals surface area contributed by atoms with Crippen molar-refractivity contribution in [2.75, 3.05) is 6.61 Å². The maximum Gasteiger partial charge on any atom is 0.147 e. The van der Waals surface area contributed by atoms with Crippen LogP contribution in [0, 0.1) is 20.8 Å². The van der Waals surface area contributed by atoms with Gasteiger partial charge in [0, 0.05) is 30.1 Å². The summed E-state index contributed by atoms with van der Waals surface area (Å²) < 4.78 is 14.4. The number of benzene rings is 2. The SMILES string of the molecule is CCOc1ccccc1COc1ccnc2c(C)c(C)n(Cc3ccc(C)cc3)c12. The second-order valence-electron chi connectivity index (χ2n) is 7.62. The Morgan fingerprint density at radius 3 is 2.40 bits per heavy atom. The van der Waals surface area contributed by atoms with Crippen LogP contribution in [0.4, 0.5) is 0 Å². The van der Waals surface area contributed by atoms with Gasteiger partial charge in [0.15, 0.2) is 0 Å². The van der Waals surface area contributed by atoms with Crippen molar-refractivity contribution in [2.45, 2.75) is 40.8 Å². The zero-order valence-corrected chi connectivity index (χ0v) is 18.1. The van der Waals surface area contributed by atoms with Gasteiger partial charge in [0.05, 0.1) is 12.1 Å². The van der Waals surface area contributed by atoms with Crippen LogP contribution < -0.4 is 9.47 Å². The molecule has 0 aliphatic carbocycles. The predicted molar refractivity (Wildman–Crippen MR) is 121 cm³/mol. The van der Waals surface area contributed by atoms with E-state index >= 15 is 0 Å². The molecule has 0 saturated carbocycles. The highest BCUT2D eigenvalue weighted by Gasteiger charge is 2.17. The Kier molecular flexibility index (Phi) is 5.75. The standard InChI is InChI=1S/C26H28N2O2/c1-5-29-23-9-7-6-8-22(23)17-30-24-14-15-27-25-19(3)20(4)28(26(24)25)16-21-12-10-18(2)11-13-21/h6-15H,5,16-17H2,1-4H3. The Hall–Kier alpha value is -3.27. The van der Waals surface area contributed by atoms with Crippen molar-refractivity contribution >= 4 is 11.0 Å². The summed E-state index contributed by atoms with van der Waals surface area (Å²) >= 11 is 0. The number of fused-ring (bicyclic) bond motifs is 1. The minimum Gasteiger partial charge on any atom is -0.493 e. The molecule has 0 spiro atoms. The number of rotatable bonds is 7. The fourth-order valence-corrected chi connectivity index (χ4v) is 3.78. The van der Waals surface area contributed by atoms with Gasteiger partial charge < -0.3 is 14.0 Å². The lowest BCUT2D eigenvalue weighted by Crippen LogP contribution is -2.05. The van der Waals surface area contributed by atoms with Gasteiger partial charge in [0.2, 0.25) is 0 Å². The first kappa shape index (κ1) is 20.0. The normalized spacial score (nSPS) is 11.1. The molecule has 4 rings (SSSR count). The van der Waals surface area contributed by atoms with Crippen molar-refractivity contribution in [3.8, 4) is 11.5 Å². The van der Waals surface area contributed by atoms with Gasteiger partial charge in [-0.05, 0) is 44.9 Å². The molecule has 2 heterocycles. The fraction of sp³-hybridized carbons (Fsp3) is 0.269. The Balaban J connectivity index is 1.70. The number of hydrogen-bond donors (Lipinski definition) is 0. The molecule has 154 valence electrons. The zero-order chi connectivity index (χ0) is 21.1. The van der Waals surface area contributed by atoms with E-state index in [-0.39, 0.29) is 0 Å². The Labute approximate surface area is 178 Å². The van der Waals surface area contributed by atoms with Crippen molar-refractivity contribution in [1.82, 2.24) is 9.55 Å². The quantitative estimate of drug-likeness (QED) is 0.382. The monoisotopic (exact) mass is 400 g/mol. The number of para-hydroxylation sites is 1. The van der Waals surface area contributed by atoms with Gasteiger partial charge >= 0.3 is 0 Å². The summed E-state index contributed by atoms with van der Waals surface area (Å²) in [6, 6.07) is 18.7. The average molecular weight is 401 g/mol. The third-order valence-electron chi connectivity index (χ3n) is 5.58. The molecule has 0 saturated heterocycles. The highest BCUT2D eigenvalue weighted by molar-refractivity contribution is 5.86. The van der Waals surface area contributed by atoms with E-state index in [1.807, 2.05) is 43.5 Å². The molecule has 0 bridgehead atoms. The van der Waals surface area contributed by atoms with E-state index in [1.165, 1.54) is 22.4 Å². The first-order valence-corrected chi connectivity index (χ1v) is 10.4. The van der Waals surface area contributed by atoms with Gasteiger partial charge in [0.1, 0.15) is 23.6 Å². The smallest absolute Gasteiger partial charge is 0.147 e. The van der Waals surface area contributed by atoms with Crippen molar-refractivity contribution in [3.05, 3.63) is 88.7 Å². The first-order valence-electron chi connectivity index (χ1n) is 10.4. The Morgan fingerprint density at radius 2 is 1.63 bits per heavy atom. The molecular formula is C26H28N2O2. The Bertz CT molecular complexity index is 1160. The van der Waals surface area contributed by atoms with Crippen LogP contribution in [0.15, 0.2) is 60.8 Å². The number of nitrogens with zero attached hydrogens (tertiary/aromatic N) is 2. The number of aromatic nitrogens is 2. The van der Waals surface area contributed by atoms with Crippen molar-refractivity contribution in [1.29, 1.82) is 0 Å². The van der Waals surface area contributed by atoms with Crippen LogP contribution in [-0.4, -0.2) is 16.2 Å². The molecule has 4 heteroatoms. The largest absolute Gasteiger partial charge is 0.493 e. The number of pyridine rings is 1. The van der Waals surface area contributed by atoms with Gasteiger partial charge in [-0.3, -0.25) is 4.98 Å². The molecule has 0 fully saturated rings. The van der Waals surface area contributed by atoms with Gasteiger partial charge in [-0.2, -0.15) is 0 Å². The van der Waals surface area contributed by atoms with Gasteiger partial charge in [0.25, 0.3) is 0 Å². The summed E-state index contributed by atoms with van der Waals surface area (Å²) in [5, 5.41) is 0. The van der Waals surface area contributed by atoms with E-state index in [9.17, 15) is 0 Å². The summed E-state index contributed by atoms with van der Waals surface area (Å²) in [4.78, 5) is 4.66. The fourth-order valence-electron chi connectivity index (χ4n) is 3.78. The summed E-state index contributed by atoms with van der Waals surface area (Å²) in [5.41, 5.74) is 8.01. The van der Waals surface area contributed by atoms with E-state index in [2.05, 4.69) is 54.6 Å².